The Labute approximate surface area is 121 Å². The number of amides is 1. The van der Waals surface area contributed by atoms with Crippen LogP contribution in [0.4, 0.5) is 0 Å². The van der Waals surface area contributed by atoms with Crippen molar-refractivity contribution in [1.29, 1.82) is 0 Å². The van der Waals surface area contributed by atoms with Gasteiger partial charge in [0, 0.05) is 11.9 Å². The van der Waals surface area contributed by atoms with Crippen molar-refractivity contribution in [3.63, 3.8) is 0 Å². The average Bonchev–Trinajstić information content (AvgIpc) is 2.38. The minimum atomic E-state index is -0.673. The molecule has 2 aromatic rings. The Hall–Kier alpha value is -1.81. The normalized spacial score (nSPS) is 11.0. The number of carbonyl (C=O) groups excluding carboxylic acids is 1. The quantitative estimate of drug-likeness (QED) is 0.881. The number of halogens is 1. The molecule has 0 aliphatic rings. The van der Waals surface area contributed by atoms with E-state index in [9.17, 15) is 9.59 Å². The lowest BCUT2D eigenvalue weighted by atomic mass is 10.1. The van der Waals surface area contributed by atoms with Gasteiger partial charge in [-0.3, -0.25) is 4.79 Å². The molecule has 20 heavy (non-hydrogen) atoms. The molecule has 0 radical (unpaired) electrons. The van der Waals surface area contributed by atoms with Crippen LogP contribution in [0.15, 0.2) is 33.5 Å². The molecule has 5 heteroatoms. The van der Waals surface area contributed by atoms with Crippen LogP contribution in [0.5, 0.6) is 0 Å². The zero-order chi connectivity index (χ0) is 14.7. The highest BCUT2D eigenvalue weighted by atomic mass is 35.5. The van der Waals surface area contributed by atoms with Crippen LogP contribution in [0.3, 0.4) is 0 Å². The van der Waals surface area contributed by atoms with Gasteiger partial charge < -0.3 is 9.73 Å². The second-order valence-electron chi connectivity index (χ2n) is 5.04. The monoisotopic (exact) mass is 293 g/mol. The predicted molar refractivity (Wildman–Crippen MR) is 79.3 cm³/mol. The van der Waals surface area contributed by atoms with Gasteiger partial charge in [0.15, 0.2) is 5.58 Å². The van der Waals surface area contributed by atoms with Gasteiger partial charge in [0.2, 0.25) is 0 Å². The van der Waals surface area contributed by atoms with Crippen molar-refractivity contribution < 1.29 is 9.21 Å². The molecule has 0 aliphatic heterocycles. The molecule has 0 spiro atoms. The Morgan fingerprint density at radius 3 is 2.85 bits per heavy atom. The number of para-hydroxylation sites is 1. The van der Waals surface area contributed by atoms with Crippen LogP contribution in [0.1, 0.15) is 30.6 Å². The van der Waals surface area contributed by atoms with Crippen LogP contribution >= 0.6 is 11.6 Å². The third-order valence-electron chi connectivity index (χ3n) is 2.96. The minimum Gasteiger partial charge on any atom is -0.421 e. The summed E-state index contributed by atoms with van der Waals surface area (Å²) in [6, 6.07) is 6.63. The first-order valence-corrected chi connectivity index (χ1v) is 6.87. The molecule has 1 N–H and O–H groups in total. The Bertz CT molecular complexity index is 691. The molecule has 1 aromatic carbocycles. The summed E-state index contributed by atoms with van der Waals surface area (Å²) in [7, 11) is 0. The zero-order valence-corrected chi connectivity index (χ0v) is 12.2. The fraction of sp³-hybridized carbons (Fsp3) is 0.333. The van der Waals surface area contributed by atoms with Gasteiger partial charge in [-0.05, 0) is 24.5 Å². The molecule has 0 saturated heterocycles. The van der Waals surface area contributed by atoms with E-state index in [-0.39, 0.29) is 5.56 Å². The van der Waals surface area contributed by atoms with E-state index in [2.05, 4.69) is 19.2 Å². The van der Waals surface area contributed by atoms with Crippen LogP contribution in [-0.2, 0) is 0 Å². The highest BCUT2D eigenvalue weighted by Crippen LogP contribution is 2.22. The van der Waals surface area contributed by atoms with Gasteiger partial charge in [-0.25, -0.2) is 4.79 Å². The molecule has 1 heterocycles. The number of nitrogens with one attached hydrogen (secondary N) is 1. The number of rotatable bonds is 4. The number of benzene rings is 1. The summed E-state index contributed by atoms with van der Waals surface area (Å²) < 4.78 is 5.12. The molecule has 0 aliphatic carbocycles. The van der Waals surface area contributed by atoms with Crippen molar-refractivity contribution in [3.05, 3.63) is 45.3 Å². The predicted octanol–water partition coefficient (Wildman–Crippen LogP) is 3.22. The van der Waals surface area contributed by atoms with Crippen molar-refractivity contribution >= 4 is 28.5 Å². The number of hydrogen-bond donors (Lipinski definition) is 1. The van der Waals surface area contributed by atoms with Crippen molar-refractivity contribution in [2.75, 3.05) is 6.54 Å². The van der Waals surface area contributed by atoms with Gasteiger partial charge in [0.25, 0.3) is 5.91 Å². The van der Waals surface area contributed by atoms with Crippen LogP contribution in [0.25, 0.3) is 11.0 Å². The van der Waals surface area contributed by atoms with E-state index in [1.165, 1.54) is 6.07 Å². The largest absolute Gasteiger partial charge is 0.421 e. The van der Waals surface area contributed by atoms with Gasteiger partial charge in [-0.15, -0.1) is 0 Å². The molecular formula is C15H16ClNO3. The summed E-state index contributed by atoms with van der Waals surface area (Å²) in [5.74, 6) is 0.0726. The van der Waals surface area contributed by atoms with E-state index in [0.717, 1.165) is 6.42 Å². The van der Waals surface area contributed by atoms with Gasteiger partial charge in [0.1, 0.15) is 5.56 Å². The Kier molecular flexibility index (Phi) is 4.45. The highest BCUT2D eigenvalue weighted by molar-refractivity contribution is 6.34. The summed E-state index contributed by atoms with van der Waals surface area (Å²) in [6.07, 6.45) is 0.858. The van der Waals surface area contributed by atoms with E-state index in [1.807, 2.05) is 0 Å². The van der Waals surface area contributed by atoms with Crippen LogP contribution in [0, 0.1) is 5.92 Å². The lowest BCUT2D eigenvalue weighted by Gasteiger charge is -2.07. The van der Waals surface area contributed by atoms with E-state index in [0.29, 0.717) is 28.5 Å². The third kappa shape index (κ3) is 3.20. The summed E-state index contributed by atoms with van der Waals surface area (Å²) in [5, 5.41) is 3.70. The lowest BCUT2D eigenvalue weighted by Crippen LogP contribution is -2.29. The summed E-state index contributed by atoms with van der Waals surface area (Å²) in [6.45, 7) is 4.67. The van der Waals surface area contributed by atoms with Crippen molar-refractivity contribution in [3.8, 4) is 0 Å². The molecular weight excluding hydrogens is 278 g/mol. The zero-order valence-electron chi connectivity index (χ0n) is 11.4. The Morgan fingerprint density at radius 2 is 2.15 bits per heavy atom. The second kappa shape index (κ2) is 6.09. The van der Waals surface area contributed by atoms with Crippen LogP contribution < -0.4 is 10.9 Å². The molecule has 0 saturated carbocycles. The van der Waals surface area contributed by atoms with Gasteiger partial charge >= 0.3 is 5.63 Å². The van der Waals surface area contributed by atoms with Gasteiger partial charge in [-0.1, -0.05) is 37.6 Å². The Morgan fingerprint density at radius 1 is 1.40 bits per heavy atom. The molecule has 106 valence electrons. The van der Waals surface area contributed by atoms with Crippen molar-refractivity contribution in [2.45, 2.75) is 20.3 Å². The van der Waals surface area contributed by atoms with Gasteiger partial charge in [-0.2, -0.15) is 0 Å². The maximum absolute atomic E-state index is 12.0. The average molecular weight is 294 g/mol. The first kappa shape index (κ1) is 14.6. The van der Waals surface area contributed by atoms with Crippen molar-refractivity contribution in [1.82, 2.24) is 5.32 Å². The molecule has 0 atom stereocenters. The fourth-order valence-corrected chi connectivity index (χ4v) is 2.06. The SMILES string of the molecule is CC(C)CCNC(=O)c1cc2cccc(Cl)c2oc1=O. The van der Waals surface area contributed by atoms with Crippen LogP contribution in [0.2, 0.25) is 5.02 Å². The summed E-state index contributed by atoms with van der Waals surface area (Å²) in [4.78, 5) is 23.8. The third-order valence-corrected chi connectivity index (χ3v) is 3.26. The first-order chi connectivity index (χ1) is 9.49. The molecule has 1 amide bonds. The van der Waals surface area contributed by atoms with E-state index in [1.54, 1.807) is 18.2 Å². The number of carbonyl (C=O) groups is 1. The Balaban J connectivity index is 2.28. The molecule has 2 rings (SSSR count). The number of fused-ring (bicyclic) bond motifs is 1. The standard InChI is InChI=1S/C15H16ClNO3/c1-9(2)6-7-17-14(18)11-8-10-4-3-5-12(16)13(10)20-15(11)19/h3-5,8-9H,6-7H2,1-2H3,(H,17,18). The van der Waals surface area contributed by atoms with Crippen LogP contribution in [-0.4, -0.2) is 12.5 Å². The molecule has 0 fully saturated rings. The smallest absolute Gasteiger partial charge is 0.349 e. The van der Waals surface area contributed by atoms with Crippen molar-refractivity contribution in [2.24, 2.45) is 5.92 Å². The maximum atomic E-state index is 12.0. The fourth-order valence-electron chi connectivity index (χ4n) is 1.84. The van der Waals surface area contributed by atoms with E-state index in [4.69, 9.17) is 16.0 Å². The molecule has 0 unspecified atom stereocenters. The summed E-state index contributed by atoms with van der Waals surface area (Å²) >= 11 is 5.95. The topological polar surface area (TPSA) is 59.3 Å². The van der Waals surface area contributed by atoms with E-state index >= 15 is 0 Å². The minimum absolute atomic E-state index is 0.00326. The van der Waals surface area contributed by atoms with E-state index < -0.39 is 11.5 Å². The summed E-state index contributed by atoms with van der Waals surface area (Å²) in [5.41, 5.74) is -0.367. The highest BCUT2D eigenvalue weighted by Gasteiger charge is 2.14. The van der Waals surface area contributed by atoms with Gasteiger partial charge in [0.05, 0.1) is 5.02 Å². The lowest BCUT2D eigenvalue weighted by molar-refractivity contribution is 0.0948. The molecule has 4 nitrogen and oxygen atoms in total. The molecule has 1 aromatic heterocycles. The maximum Gasteiger partial charge on any atom is 0.349 e. The molecule has 0 bridgehead atoms. The number of hydrogen-bond acceptors (Lipinski definition) is 3. The first-order valence-electron chi connectivity index (χ1n) is 6.49. The second-order valence-corrected chi connectivity index (χ2v) is 5.45.